The Bertz CT molecular complexity index is 431. The quantitative estimate of drug-likeness (QED) is 0.377. The third-order valence-electron chi connectivity index (χ3n) is 3.30. The van der Waals surface area contributed by atoms with E-state index in [1.807, 2.05) is 0 Å². The van der Waals surface area contributed by atoms with Crippen molar-refractivity contribution < 1.29 is 70.7 Å². The summed E-state index contributed by atoms with van der Waals surface area (Å²) in [6, 6.07) is 0. The van der Waals surface area contributed by atoms with Crippen molar-refractivity contribution in [2.75, 3.05) is 26.4 Å². The third kappa shape index (κ3) is 6.76. The summed E-state index contributed by atoms with van der Waals surface area (Å²) in [5, 5.41) is 17.7. The molecule has 2 N–H and O–H groups in total. The Hall–Kier alpha value is -0.0569. The van der Waals surface area contributed by atoms with Gasteiger partial charge in [0.1, 0.15) is 13.2 Å². The van der Waals surface area contributed by atoms with Crippen LogP contribution in [0.1, 0.15) is 19.8 Å². The van der Waals surface area contributed by atoms with E-state index >= 15 is 0 Å². The van der Waals surface area contributed by atoms with E-state index in [4.69, 9.17) is 19.7 Å². The topological polar surface area (TPSA) is 58.9 Å². The van der Waals surface area contributed by atoms with Crippen molar-refractivity contribution in [3.8, 4) is 0 Å². The maximum absolute atomic E-state index is 8.85. The van der Waals surface area contributed by atoms with Gasteiger partial charge in [-0.2, -0.15) is 23.3 Å². The normalized spacial score (nSPS) is 15.5. The number of ether oxygens (including phenoxy) is 2. The summed E-state index contributed by atoms with van der Waals surface area (Å²) in [4.78, 5) is 0. The summed E-state index contributed by atoms with van der Waals surface area (Å²) in [6.45, 7) is 2.63. The molecule has 0 heterocycles. The van der Waals surface area contributed by atoms with Crippen LogP contribution >= 0.6 is 0 Å². The van der Waals surface area contributed by atoms with Gasteiger partial charge in [0.05, 0.1) is 13.2 Å². The van der Waals surface area contributed by atoms with Crippen LogP contribution in [0.5, 0.6) is 0 Å². The molecule has 0 fully saturated rings. The van der Waals surface area contributed by atoms with E-state index in [0.29, 0.717) is 0 Å². The van der Waals surface area contributed by atoms with Crippen molar-refractivity contribution in [3.05, 3.63) is 47.0 Å². The van der Waals surface area contributed by atoms with Crippen molar-refractivity contribution in [1.29, 1.82) is 0 Å². The SMILES string of the molecule is CC(C1=CC[C-]=C1OCCO)C1=CC[C-]=C1OCCO.[Cl-].[Cl-].[Zr+4]. The van der Waals surface area contributed by atoms with Crippen molar-refractivity contribution in [2.45, 2.75) is 19.8 Å². The molecule has 0 radical (unpaired) electrons. The smallest absolute Gasteiger partial charge is 1.00 e. The molecular formula is C16H20Cl2O4Zr. The predicted octanol–water partition coefficient (Wildman–Crippen LogP) is -4.32. The molecule has 0 saturated heterocycles. The number of aliphatic hydroxyl groups is 2. The Balaban J connectivity index is 0. The zero-order valence-electron chi connectivity index (χ0n) is 12.9. The van der Waals surface area contributed by atoms with E-state index in [1.54, 1.807) is 0 Å². The molecule has 23 heavy (non-hydrogen) atoms. The second kappa shape index (κ2) is 13.3. The van der Waals surface area contributed by atoms with Crippen LogP contribution in [0.4, 0.5) is 0 Å². The summed E-state index contributed by atoms with van der Waals surface area (Å²) < 4.78 is 11.0. The number of halogens is 2. The minimum atomic E-state index is -0.00587. The molecule has 126 valence electrons. The largest absolute Gasteiger partial charge is 4.00 e. The van der Waals surface area contributed by atoms with Gasteiger partial charge in [0.15, 0.2) is 0 Å². The molecule has 0 bridgehead atoms. The molecule has 7 heteroatoms. The summed E-state index contributed by atoms with van der Waals surface area (Å²) in [6.07, 6.45) is 11.9. The van der Waals surface area contributed by atoms with E-state index in [2.05, 4.69) is 31.2 Å². The number of aliphatic hydroxyl groups excluding tert-OH is 2. The summed E-state index contributed by atoms with van der Waals surface area (Å²) in [7, 11) is 0. The molecular weight excluding hydrogens is 418 g/mol. The first-order valence-electron chi connectivity index (χ1n) is 6.87. The van der Waals surface area contributed by atoms with Crippen LogP contribution in [-0.2, 0) is 35.7 Å². The van der Waals surface area contributed by atoms with Gasteiger partial charge in [0.2, 0.25) is 0 Å². The van der Waals surface area contributed by atoms with E-state index in [0.717, 1.165) is 35.5 Å². The molecule has 4 nitrogen and oxygen atoms in total. The van der Waals surface area contributed by atoms with Crippen LogP contribution in [0, 0.1) is 18.1 Å². The van der Waals surface area contributed by atoms with Crippen LogP contribution in [0.3, 0.4) is 0 Å². The van der Waals surface area contributed by atoms with Gasteiger partial charge in [-0.05, 0) is 11.5 Å². The molecule has 0 spiro atoms. The minimum Gasteiger partial charge on any atom is -1.00 e. The van der Waals surface area contributed by atoms with E-state index in [9.17, 15) is 0 Å². The first-order chi connectivity index (χ1) is 9.77. The van der Waals surface area contributed by atoms with Crippen LogP contribution < -0.4 is 24.8 Å². The molecule has 0 aromatic heterocycles. The molecule has 0 unspecified atom stereocenters. The molecule has 0 saturated carbocycles. The van der Waals surface area contributed by atoms with Gasteiger partial charge in [-0.25, -0.2) is 12.2 Å². The predicted molar refractivity (Wildman–Crippen MR) is 74.2 cm³/mol. The minimum absolute atomic E-state index is 0. The summed E-state index contributed by atoms with van der Waals surface area (Å²) in [5.74, 6) is 1.57. The standard InChI is InChI=1S/C16H20O4.2ClH.Zr/c1-12(13-4-2-6-15(13)19-10-8-17)14-5-3-7-16(14)20-11-9-18;;;/h4-5,12,17-18H,2-3,8-11H2,1H3;2*1H;/q-2;;;+4/p-2. The molecule has 0 aromatic carbocycles. The van der Waals surface area contributed by atoms with E-state index in [-0.39, 0.29) is 83.4 Å². The molecule has 2 aliphatic rings. The summed E-state index contributed by atoms with van der Waals surface area (Å²) in [5.41, 5.74) is 2.14. The fraction of sp³-hybridized carbons (Fsp3) is 0.500. The monoisotopic (exact) mass is 436 g/mol. The van der Waals surface area contributed by atoms with Gasteiger partial charge in [0.25, 0.3) is 0 Å². The van der Waals surface area contributed by atoms with E-state index < -0.39 is 0 Å². The number of hydrogen-bond acceptors (Lipinski definition) is 4. The van der Waals surface area contributed by atoms with Gasteiger partial charge in [-0.3, -0.25) is 0 Å². The Kier molecular flexibility index (Phi) is 14.5. The maximum Gasteiger partial charge on any atom is 4.00 e. The van der Waals surface area contributed by atoms with Crippen molar-refractivity contribution in [2.24, 2.45) is 5.92 Å². The summed E-state index contributed by atoms with van der Waals surface area (Å²) >= 11 is 0. The second-order valence-electron chi connectivity index (χ2n) is 4.60. The second-order valence-corrected chi connectivity index (χ2v) is 4.60. The first kappa shape index (κ1) is 25.2. The number of rotatable bonds is 8. The van der Waals surface area contributed by atoms with Gasteiger partial charge in [-0.1, -0.05) is 6.92 Å². The zero-order valence-corrected chi connectivity index (χ0v) is 16.9. The Morgan fingerprint density at radius 1 is 0.957 bits per heavy atom. The van der Waals surface area contributed by atoms with Crippen LogP contribution in [-0.4, -0.2) is 36.6 Å². The Morgan fingerprint density at radius 2 is 1.35 bits per heavy atom. The molecule has 0 atom stereocenters. The van der Waals surface area contributed by atoms with Crippen LogP contribution in [0.25, 0.3) is 0 Å². The average molecular weight is 438 g/mol. The van der Waals surface area contributed by atoms with Gasteiger partial charge < -0.3 is 44.5 Å². The molecule has 0 aromatic rings. The molecule has 2 rings (SSSR count). The maximum atomic E-state index is 8.85. The Morgan fingerprint density at radius 3 is 1.70 bits per heavy atom. The van der Waals surface area contributed by atoms with Crippen molar-refractivity contribution >= 4 is 0 Å². The fourth-order valence-corrected chi connectivity index (χ4v) is 2.38. The first-order valence-corrected chi connectivity index (χ1v) is 6.87. The van der Waals surface area contributed by atoms with Crippen molar-refractivity contribution in [1.82, 2.24) is 0 Å². The molecule has 0 aliphatic heterocycles. The molecule has 0 amide bonds. The van der Waals surface area contributed by atoms with Gasteiger partial charge in [0, 0.05) is 0 Å². The van der Waals surface area contributed by atoms with Gasteiger partial charge >= 0.3 is 26.2 Å². The van der Waals surface area contributed by atoms with Gasteiger partial charge in [-0.15, -0.1) is 18.8 Å². The third-order valence-corrected chi connectivity index (χ3v) is 3.30. The van der Waals surface area contributed by atoms with Crippen LogP contribution in [0.15, 0.2) is 34.8 Å². The zero-order chi connectivity index (χ0) is 14.4. The number of allylic oxidation sites excluding steroid dienone is 6. The van der Waals surface area contributed by atoms with E-state index in [1.165, 1.54) is 0 Å². The number of hydrogen-bond donors (Lipinski definition) is 2. The molecule has 2 aliphatic carbocycles. The Labute approximate surface area is 169 Å². The van der Waals surface area contributed by atoms with Crippen LogP contribution in [0.2, 0.25) is 0 Å². The van der Waals surface area contributed by atoms with Crippen molar-refractivity contribution in [3.63, 3.8) is 0 Å². The fourth-order valence-electron chi connectivity index (χ4n) is 2.38. The average Bonchev–Trinajstić information content (AvgIpc) is 3.10.